The largest absolute Gasteiger partial charge is 0.334 e. The van der Waals surface area contributed by atoms with Gasteiger partial charge in [0.1, 0.15) is 5.82 Å². The lowest BCUT2D eigenvalue weighted by Gasteiger charge is -2.25. The number of aromatic nitrogens is 2. The Morgan fingerprint density at radius 2 is 2.20 bits per heavy atom. The Bertz CT molecular complexity index is 946. The van der Waals surface area contributed by atoms with Crippen LogP contribution >= 0.6 is 0 Å². The lowest BCUT2D eigenvalue weighted by molar-refractivity contribution is -0.132. The maximum atomic E-state index is 13.9. The number of hydrogen-bond donors (Lipinski definition) is 1. The molecule has 0 bridgehead atoms. The summed E-state index contributed by atoms with van der Waals surface area (Å²) in [7, 11) is 0. The molecular formula is C24H29FN4O. The van der Waals surface area contributed by atoms with Gasteiger partial charge in [-0.3, -0.25) is 4.79 Å². The van der Waals surface area contributed by atoms with E-state index in [1.165, 1.54) is 6.07 Å². The number of rotatable bonds is 8. The summed E-state index contributed by atoms with van der Waals surface area (Å²) < 4.78 is 15.7. The second-order valence-electron chi connectivity index (χ2n) is 7.52. The van der Waals surface area contributed by atoms with Crippen molar-refractivity contribution in [2.24, 2.45) is 5.73 Å². The molecule has 2 heterocycles. The summed E-state index contributed by atoms with van der Waals surface area (Å²) in [5.41, 5.74) is 8.49. The van der Waals surface area contributed by atoms with E-state index in [9.17, 15) is 9.18 Å². The zero-order valence-electron chi connectivity index (χ0n) is 17.4. The van der Waals surface area contributed by atoms with Crippen molar-refractivity contribution in [1.82, 2.24) is 14.7 Å². The summed E-state index contributed by atoms with van der Waals surface area (Å²) in [6, 6.07) is 8.03. The van der Waals surface area contributed by atoms with E-state index in [1.54, 1.807) is 29.0 Å². The van der Waals surface area contributed by atoms with E-state index in [0.717, 1.165) is 24.2 Å². The van der Waals surface area contributed by atoms with E-state index < -0.39 is 6.04 Å². The fourth-order valence-electron chi connectivity index (χ4n) is 3.89. The maximum Gasteiger partial charge on any atom is 0.224 e. The standard InChI is InChI=1S/C24H29FN4O/c1-3-8-20(9-4-2)29-15-13-22(27-29)23-12-7-14-28(23)24(30)17-19(26)16-18-10-5-6-11-21(18)25/h3-6,8-11,13,15,19,23H,1,7,12,14,16-17,26H2,2H3/t19-,23+/m1/s1. The van der Waals surface area contributed by atoms with Crippen molar-refractivity contribution in [3.8, 4) is 0 Å². The van der Waals surface area contributed by atoms with Crippen molar-refractivity contribution in [3.63, 3.8) is 0 Å². The molecule has 1 aromatic carbocycles. The molecule has 0 unspecified atom stereocenters. The normalized spacial score (nSPS) is 18.2. The van der Waals surface area contributed by atoms with Gasteiger partial charge in [0.25, 0.3) is 0 Å². The lowest BCUT2D eigenvalue weighted by Crippen LogP contribution is -2.36. The Morgan fingerprint density at radius 1 is 1.40 bits per heavy atom. The minimum Gasteiger partial charge on any atom is -0.334 e. The molecule has 1 aliphatic rings. The lowest BCUT2D eigenvalue weighted by atomic mass is 10.0. The smallest absolute Gasteiger partial charge is 0.224 e. The number of amides is 1. The molecule has 3 rings (SSSR count). The van der Waals surface area contributed by atoms with Gasteiger partial charge < -0.3 is 10.6 Å². The number of benzene rings is 1. The summed E-state index contributed by atoms with van der Waals surface area (Å²) in [6.45, 7) is 6.39. The maximum absolute atomic E-state index is 13.9. The molecule has 158 valence electrons. The Hall–Kier alpha value is -2.99. The molecule has 30 heavy (non-hydrogen) atoms. The second kappa shape index (κ2) is 10.2. The van der Waals surface area contributed by atoms with Crippen LogP contribution in [-0.4, -0.2) is 33.2 Å². The zero-order valence-corrected chi connectivity index (χ0v) is 17.4. The quantitative estimate of drug-likeness (QED) is 0.664. The number of halogens is 1. The summed E-state index contributed by atoms with van der Waals surface area (Å²) >= 11 is 0. The number of carbonyl (C=O) groups excluding carboxylic acids is 1. The summed E-state index contributed by atoms with van der Waals surface area (Å²) in [6.07, 6.45) is 11.7. The van der Waals surface area contributed by atoms with Crippen molar-refractivity contribution in [3.05, 3.63) is 84.5 Å². The van der Waals surface area contributed by atoms with E-state index in [2.05, 4.69) is 6.58 Å². The Balaban J connectivity index is 1.68. The topological polar surface area (TPSA) is 64.2 Å². The van der Waals surface area contributed by atoms with Crippen LogP contribution in [0.25, 0.3) is 5.70 Å². The van der Waals surface area contributed by atoms with Crippen molar-refractivity contribution in [2.45, 2.75) is 44.7 Å². The van der Waals surface area contributed by atoms with Crippen LogP contribution in [0.2, 0.25) is 0 Å². The monoisotopic (exact) mass is 408 g/mol. The fourth-order valence-corrected chi connectivity index (χ4v) is 3.89. The van der Waals surface area contributed by atoms with Gasteiger partial charge in [0.2, 0.25) is 5.91 Å². The second-order valence-corrected chi connectivity index (χ2v) is 7.52. The van der Waals surface area contributed by atoms with Crippen LogP contribution in [0.5, 0.6) is 0 Å². The molecule has 2 atom stereocenters. The van der Waals surface area contributed by atoms with Crippen LogP contribution in [0.4, 0.5) is 4.39 Å². The molecule has 0 saturated carbocycles. The fraction of sp³-hybridized carbons (Fsp3) is 0.333. The van der Waals surface area contributed by atoms with Gasteiger partial charge in [-0.25, -0.2) is 9.07 Å². The molecule has 2 aromatic rings. The highest BCUT2D eigenvalue weighted by atomic mass is 19.1. The number of nitrogens with zero attached hydrogens (tertiary/aromatic N) is 3. The summed E-state index contributed by atoms with van der Waals surface area (Å²) in [5, 5.41) is 4.70. The Kier molecular flexibility index (Phi) is 7.36. The van der Waals surface area contributed by atoms with Crippen LogP contribution in [0.1, 0.15) is 43.5 Å². The molecular weight excluding hydrogens is 379 g/mol. The predicted octanol–water partition coefficient (Wildman–Crippen LogP) is 4.25. The molecule has 1 amide bonds. The van der Waals surface area contributed by atoms with Gasteiger partial charge in [-0.2, -0.15) is 5.10 Å². The SMILES string of the molecule is C=CC=C(C=CC)n1ccc([C@@H]2CCCN2C(=O)C[C@H](N)Cc2ccccc2F)n1. The van der Waals surface area contributed by atoms with Crippen LogP contribution in [-0.2, 0) is 11.2 Å². The number of carbonyl (C=O) groups is 1. The Morgan fingerprint density at radius 3 is 2.93 bits per heavy atom. The molecule has 1 aliphatic heterocycles. The highest BCUT2D eigenvalue weighted by Crippen LogP contribution is 2.32. The van der Waals surface area contributed by atoms with Gasteiger partial charge in [-0.05, 0) is 56.0 Å². The van der Waals surface area contributed by atoms with Crippen molar-refractivity contribution < 1.29 is 9.18 Å². The number of nitrogens with two attached hydrogens (primary N) is 1. The first-order chi connectivity index (χ1) is 14.5. The molecule has 0 radical (unpaired) electrons. The third-order valence-corrected chi connectivity index (χ3v) is 5.29. The number of allylic oxidation sites excluding steroid dienone is 5. The molecule has 6 heteroatoms. The zero-order chi connectivity index (χ0) is 21.5. The highest BCUT2D eigenvalue weighted by molar-refractivity contribution is 5.77. The van der Waals surface area contributed by atoms with E-state index in [-0.39, 0.29) is 24.2 Å². The molecule has 5 nitrogen and oxygen atoms in total. The summed E-state index contributed by atoms with van der Waals surface area (Å²) in [5.74, 6) is -0.291. The van der Waals surface area contributed by atoms with Crippen LogP contribution in [0, 0.1) is 5.82 Å². The number of likely N-dealkylation sites (tertiary alicyclic amines) is 1. The van der Waals surface area contributed by atoms with E-state index in [0.29, 0.717) is 18.5 Å². The van der Waals surface area contributed by atoms with Crippen LogP contribution in [0.15, 0.2) is 67.4 Å². The molecule has 1 aromatic heterocycles. The molecule has 0 spiro atoms. The molecule has 1 saturated heterocycles. The summed E-state index contributed by atoms with van der Waals surface area (Å²) in [4.78, 5) is 14.8. The first-order valence-corrected chi connectivity index (χ1v) is 10.3. The van der Waals surface area contributed by atoms with E-state index in [1.807, 2.05) is 42.3 Å². The third-order valence-electron chi connectivity index (χ3n) is 5.29. The first kappa shape index (κ1) is 21.7. The van der Waals surface area contributed by atoms with Crippen LogP contribution < -0.4 is 5.73 Å². The molecule has 0 aliphatic carbocycles. The molecule has 2 N–H and O–H groups in total. The van der Waals surface area contributed by atoms with Gasteiger partial charge >= 0.3 is 0 Å². The van der Waals surface area contributed by atoms with Gasteiger partial charge in [-0.1, -0.05) is 36.9 Å². The van der Waals surface area contributed by atoms with Gasteiger partial charge in [0.15, 0.2) is 0 Å². The van der Waals surface area contributed by atoms with Crippen molar-refractivity contribution in [1.29, 1.82) is 0 Å². The number of hydrogen-bond acceptors (Lipinski definition) is 3. The third kappa shape index (κ3) is 5.13. The van der Waals surface area contributed by atoms with Gasteiger partial charge in [-0.15, -0.1) is 0 Å². The van der Waals surface area contributed by atoms with E-state index in [4.69, 9.17) is 10.8 Å². The average Bonchev–Trinajstić information content (AvgIpc) is 3.39. The highest BCUT2D eigenvalue weighted by Gasteiger charge is 2.32. The van der Waals surface area contributed by atoms with E-state index >= 15 is 0 Å². The predicted molar refractivity (Wildman–Crippen MR) is 118 cm³/mol. The average molecular weight is 409 g/mol. The molecule has 1 fully saturated rings. The van der Waals surface area contributed by atoms with Gasteiger partial charge in [0, 0.05) is 25.2 Å². The van der Waals surface area contributed by atoms with Crippen molar-refractivity contribution >= 4 is 11.6 Å². The van der Waals surface area contributed by atoms with Gasteiger partial charge in [0.05, 0.1) is 17.4 Å². The minimum absolute atomic E-state index is 0.00815. The Labute approximate surface area is 177 Å². The minimum atomic E-state index is -0.426. The van der Waals surface area contributed by atoms with Crippen molar-refractivity contribution in [2.75, 3.05) is 6.54 Å². The van der Waals surface area contributed by atoms with Crippen LogP contribution in [0.3, 0.4) is 0 Å². The first-order valence-electron chi connectivity index (χ1n) is 10.3.